The Balaban J connectivity index is 3.39. The molecule has 2 heteroatoms. The van der Waals surface area contributed by atoms with Crippen LogP contribution in [0.25, 0.3) is 0 Å². The normalized spacial score (nSPS) is 12.9. The van der Waals surface area contributed by atoms with Crippen LogP contribution in [0.4, 0.5) is 0 Å². The third-order valence-electron chi connectivity index (χ3n) is 3.87. The lowest BCUT2D eigenvalue weighted by Crippen LogP contribution is -2.17. The number of aliphatic hydroxyl groups excluding tert-OH is 1. The summed E-state index contributed by atoms with van der Waals surface area (Å²) in [7, 11) is 0. The van der Waals surface area contributed by atoms with E-state index in [1.165, 1.54) is 33.4 Å². The molecule has 1 aromatic carbocycles. The van der Waals surface area contributed by atoms with Crippen LogP contribution in [0.15, 0.2) is 0 Å². The molecule has 0 unspecified atom stereocenters. The monoisotopic (exact) mass is 221 g/mol. The SMILES string of the molecule is Cc1c(C)c(C)c([C@@H](N)CCO)c(C)c1C. The number of hydrogen-bond acceptors (Lipinski definition) is 2. The molecule has 1 rings (SSSR count). The third-order valence-corrected chi connectivity index (χ3v) is 3.87. The molecule has 0 aromatic heterocycles. The minimum absolute atomic E-state index is 0.0528. The summed E-state index contributed by atoms with van der Waals surface area (Å²) in [5.41, 5.74) is 13.9. The molecular weight excluding hydrogens is 198 g/mol. The van der Waals surface area contributed by atoms with Crippen molar-refractivity contribution in [1.82, 2.24) is 0 Å². The van der Waals surface area contributed by atoms with Crippen molar-refractivity contribution in [3.8, 4) is 0 Å². The van der Waals surface area contributed by atoms with Gasteiger partial charge in [0.25, 0.3) is 0 Å². The van der Waals surface area contributed by atoms with Crippen molar-refractivity contribution in [2.75, 3.05) is 6.61 Å². The highest BCUT2D eigenvalue weighted by atomic mass is 16.3. The standard InChI is InChI=1S/C14H23NO/c1-8-9(2)11(4)14(12(5)10(8)3)13(15)6-7-16/h13,16H,6-7,15H2,1-5H3/t13-/m0/s1. The highest BCUT2D eigenvalue weighted by molar-refractivity contribution is 5.50. The highest BCUT2D eigenvalue weighted by Crippen LogP contribution is 2.30. The lowest BCUT2D eigenvalue weighted by molar-refractivity contribution is 0.276. The van der Waals surface area contributed by atoms with Crippen molar-refractivity contribution in [2.24, 2.45) is 5.73 Å². The summed E-state index contributed by atoms with van der Waals surface area (Å²) >= 11 is 0. The molecule has 0 aliphatic carbocycles. The van der Waals surface area contributed by atoms with Gasteiger partial charge in [-0.2, -0.15) is 0 Å². The second-order valence-corrected chi connectivity index (χ2v) is 4.66. The second-order valence-electron chi connectivity index (χ2n) is 4.66. The average molecular weight is 221 g/mol. The molecule has 2 nitrogen and oxygen atoms in total. The summed E-state index contributed by atoms with van der Waals surface area (Å²) in [5.74, 6) is 0. The molecule has 0 radical (unpaired) electrons. The van der Waals surface area contributed by atoms with Gasteiger partial charge in [0.05, 0.1) is 0 Å². The Kier molecular flexibility index (Phi) is 4.11. The fourth-order valence-corrected chi connectivity index (χ4v) is 2.37. The van der Waals surface area contributed by atoms with Crippen LogP contribution >= 0.6 is 0 Å². The minimum atomic E-state index is -0.0528. The van der Waals surface area contributed by atoms with Gasteiger partial charge in [0.2, 0.25) is 0 Å². The van der Waals surface area contributed by atoms with E-state index in [4.69, 9.17) is 10.8 Å². The van der Waals surface area contributed by atoms with E-state index in [2.05, 4.69) is 34.6 Å². The fraction of sp³-hybridized carbons (Fsp3) is 0.571. The molecular formula is C14H23NO. The van der Waals surface area contributed by atoms with Crippen LogP contribution in [0.3, 0.4) is 0 Å². The van der Waals surface area contributed by atoms with Crippen molar-refractivity contribution >= 4 is 0 Å². The molecule has 16 heavy (non-hydrogen) atoms. The van der Waals surface area contributed by atoms with Crippen molar-refractivity contribution in [2.45, 2.75) is 47.1 Å². The highest BCUT2D eigenvalue weighted by Gasteiger charge is 2.16. The van der Waals surface area contributed by atoms with Crippen molar-refractivity contribution < 1.29 is 5.11 Å². The Morgan fingerprint density at radius 3 is 1.62 bits per heavy atom. The molecule has 0 spiro atoms. The Hall–Kier alpha value is -0.860. The van der Waals surface area contributed by atoms with Crippen LogP contribution in [0.2, 0.25) is 0 Å². The Morgan fingerprint density at radius 2 is 1.25 bits per heavy atom. The van der Waals surface area contributed by atoms with E-state index >= 15 is 0 Å². The lowest BCUT2D eigenvalue weighted by Gasteiger charge is -2.22. The van der Waals surface area contributed by atoms with Gasteiger partial charge in [-0.1, -0.05) is 0 Å². The zero-order chi connectivity index (χ0) is 12.5. The molecule has 1 atom stereocenters. The maximum Gasteiger partial charge on any atom is 0.0449 e. The number of nitrogens with two attached hydrogens (primary N) is 1. The maximum absolute atomic E-state index is 8.99. The average Bonchev–Trinajstić information content (AvgIpc) is 2.24. The Labute approximate surface area is 98.5 Å². The molecule has 0 amide bonds. The molecule has 0 saturated heterocycles. The Bertz CT molecular complexity index is 367. The van der Waals surface area contributed by atoms with E-state index in [-0.39, 0.29) is 12.6 Å². The van der Waals surface area contributed by atoms with Gasteiger partial charge in [0.1, 0.15) is 0 Å². The summed E-state index contributed by atoms with van der Waals surface area (Å²) in [6.07, 6.45) is 0.629. The quantitative estimate of drug-likeness (QED) is 0.824. The van der Waals surface area contributed by atoms with Crippen molar-refractivity contribution in [1.29, 1.82) is 0 Å². The van der Waals surface area contributed by atoms with Crippen molar-refractivity contribution in [3.63, 3.8) is 0 Å². The van der Waals surface area contributed by atoms with E-state index in [9.17, 15) is 0 Å². The van der Waals surface area contributed by atoms with Gasteiger partial charge in [-0.3, -0.25) is 0 Å². The minimum Gasteiger partial charge on any atom is -0.396 e. The first-order chi connectivity index (χ1) is 7.41. The van der Waals surface area contributed by atoms with Crippen molar-refractivity contribution in [3.05, 3.63) is 33.4 Å². The first-order valence-corrected chi connectivity index (χ1v) is 5.85. The van der Waals surface area contributed by atoms with Gasteiger partial charge in [-0.05, 0) is 74.4 Å². The van der Waals surface area contributed by atoms with Crippen LogP contribution < -0.4 is 5.73 Å². The molecule has 0 bridgehead atoms. The first-order valence-electron chi connectivity index (χ1n) is 5.85. The Morgan fingerprint density at radius 1 is 0.875 bits per heavy atom. The molecule has 1 aromatic rings. The predicted molar refractivity (Wildman–Crippen MR) is 68.8 cm³/mol. The fourth-order valence-electron chi connectivity index (χ4n) is 2.37. The summed E-state index contributed by atoms with van der Waals surface area (Å²) < 4.78 is 0. The van der Waals surface area contributed by atoms with Gasteiger partial charge < -0.3 is 10.8 Å². The summed E-state index contributed by atoms with van der Waals surface area (Å²) in [6, 6.07) is -0.0528. The third kappa shape index (κ3) is 2.13. The van der Waals surface area contributed by atoms with Gasteiger partial charge in [-0.25, -0.2) is 0 Å². The van der Waals surface area contributed by atoms with Crippen LogP contribution in [0.5, 0.6) is 0 Å². The molecule has 90 valence electrons. The molecule has 0 saturated carbocycles. The summed E-state index contributed by atoms with van der Waals surface area (Å²) in [4.78, 5) is 0. The van der Waals surface area contributed by atoms with Crippen LogP contribution in [-0.2, 0) is 0 Å². The molecule has 0 fully saturated rings. The number of rotatable bonds is 3. The van der Waals surface area contributed by atoms with Crippen LogP contribution in [0, 0.1) is 34.6 Å². The zero-order valence-corrected chi connectivity index (χ0v) is 11.0. The first kappa shape index (κ1) is 13.2. The molecule has 0 heterocycles. The van der Waals surface area contributed by atoms with E-state index in [0.29, 0.717) is 6.42 Å². The summed E-state index contributed by atoms with van der Waals surface area (Å²) in [5, 5.41) is 8.99. The second kappa shape index (κ2) is 4.98. The van der Waals surface area contributed by atoms with Crippen LogP contribution in [-0.4, -0.2) is 11.7 Å². The van der Waals surface area contributed by atoms with E-state index in [1.54, 1.807) is 0 Å². The number of aliphatic hydroxyl groups is 1. The largest absolute Gasteiger partial charge is 0.396 e. The maximum atomic E-state index is 8.99. The summed E-state index contributed by atoms with van der Waals surface area (Å²) in [6.45, 7) is 10.8. The van der Waals surface area contributed by atoms with Gasteiger partial charge in [0, 0.05) is 12.6 Å². The topological polar surface area (TPSA) is 46.2 Å². The molecule has 3 N–H and O–H groups in total. The van der Waals surface area contributed by atoms with Crippen LogP contribution in [0.1, 0.15) is 45.8 Å². The van der Waals surface area contributed by atoms with E-state index in [1.807, 2.05) is 0 Å². The number of hydrogen-bond donors (Lipinski definition) is 2. The van der Waals surface area contributed by atoms with E-state index < -0.39 is 0 Å². The smallest absolute Gasteiger partial charge is 0.0449 e. The van der Waals surface area contributed by atoms with Gasteiger partial charge >= 0.3 is 0 Å². The predicted octanol–water partition coefficient (Wildman–Crippen LogP) is 2.61. The number of benzene rings is 1. The van der Waals surface area contributed by atoms with Gasteiger partial charge in [0.15, 0.2) is 0 Å². The zero-order valence-electron chi connectivity index (χ0n) is 11.0. The molecule has 0 aliphatic rings. The van der Waals surface area contributed by atoms with Gasteiger partial charge in [-0.15, -0.1) is 0 Å². The van der Waals surface area contributed by atoms with E-state index in [0.717, 1.165) is 0 Å². The lowest BCUT2D eigenvalue weighted by atomic mass is 9.86. The molecule has 0 aliphatic heterocycles.